The molecule has 0 radical (unpaired) electrons. The minimum absolute atomic E-state index is 0.0515. The van der Waals surface area contributed by atoms with Gasteiger partial charge in [-0.3, -0.25) is 9.84 Å². The van der Waals surface area contributed by atoms with Crippen LogP contribution in [0.25, 0.3) is 0 Å². The number of ether oxygens (including phenoxy) is 1. The van der Waals surface area contributed by atoms with E-state index in [4.69, 9.17) is 9.26 Å². The Hall–Kier alpha value is -2.62. The number of rotatable bonds is 3. The first-order chi connectivity index (χ1) is 11.9. The van der Waals surface area contributed by atoms with Crippen molar-refractivity contribution in [3.05, 3.63) is 41.1 Å². The first-order valence-electron chi connectivity index (χ1n) is 7.59. The Labute approximate surface area is 147 Å². The van der Waals surface area contributed by atoms with Gasteiger partial charge >= 0.3 is 23.8 Å². The molecule has 2 aromatic rings. The monoisotopic (exact) mass is 374 g/mol. The van der Waals surface area contributed by atoms with Gasteiger partial charge in [0.25, 0.3) is 0 Å². The number of halogens is 3. The largest absolute Gasteiger partial charge is 0.444 e. The summed E-state index contributed by atoms with van der Waals surface area (Å²) in [5, 5.41) is 16.4. The van der Waals surface area contributed by atoms with Crippen LogP contribution in [0.1, 0.15) is 43.7 Å². The molecular weight excluding hydrogens is 355 g/mol. The Bertz CT molecular complexity index is 780. The van der Waals surface area contributed by atoms with E-state index in [1.807, 2.05) is 0 Å². The maximum atomic E-state index is 12.6. The number of amides is 1. The molecule has 0 saturated carbocycles. The summed E-state index contributed by atoms with van der Waals surface area (Å²) in [6, 6.07) is 3.98. The van der Waals surface area contributed by atoms with Crippen LogP contribution in [-0.4, -0.2) is 22.1 Å². The molecular formula is C16H19F3N3O4+. The molecule has 1 heterocycles. The van der Waals surface area contributed by atoms with Crippen LogP contribution in [0.2, 0.25) is 0 Å². The molecule has 0 aliphatic carbocycles. The summed E-state index contributed by atoms with van der Waals surface area (Å²) in [4.78, 5) is 11.9. The lowest BCUT2D eigenvalue weighted by atomic mass is 10.0. The zero-order valence-electron chi connectivity index (χ0n) is 14.6. The summed E-state index contributed by atoms with van der Waals surface area (Å²) in [7, 11) is 1.45. The molecule has 10 heteroatoms. The van der Waals surface area contributed by atoms with Crippen LogP contribution >= 0.6 is 0 Å². The molecule has 1 atom stereocenters. The number of anilines is 1. The molecule has 142 valence electrons. The van der Waals surface area contributed by atoms with Gasteiger partial charge in [-0.2, -0.15) is 13.2 Å². The molecule has 0 bridgehead atoms. The standard InChI is InChI=1S/C16H18F3N3O4/c1-15(2,3)25-14(24)20-13-11(22(4)21-26-13)12(23)9-5-7-10(8-6-9)16(17,18)19/h5-8,12,23H,1-4H3/p+1. The molecule has 1 amide bonds. The fraction of sp³-hybridized carbons (Fsp3) is 0.438. The molecule has 1 aromatic heterocycles. The smallest absolute Gasteiger partial charge is 0.416 e. The van der Waals surface area contributed by atoms with Gasteiger partial charge in [0.15, 0.2) is 13.2 Å². The Morgan fingerprint density at radius 1 is 1.27 bits per heavy atom. The van der Waals surface area contributed by atoms with Crippen LogP contribution in [0.5, 0.6) is 0 Å². The Kier molecular flexibility index (Phi) is 5.26. The molecule has 0 fully saturated rings. The third-order valence-corrected chi connectivity index (χ3v) is 3.26. The van der Waals surface area contributed by atoms with Crippen molar-refractivity contribution in [3.63, 3.8) is 0 Å². The Morgan fingerprint density at radius 2 is 1.85 bits per heavy atom. The fourth-order valence-corrected chi connectivity index (χ4v) is 2.14. The lowest BCUT2D eigenvalue weighted by Crippen LogP contribution is -2.36. The molecule has 7 nitrogen and oxygen atoms in total. The fourth-order valence-electron chi connectivity index (χ4n) is 2.14. The maximum Gasteiger partial charge on any atom is 0.416 e. The third kappa shape index (κ3) is 4.72. The van der Waals surface area contributed by atoms with Crippen LogP contribution in [0.3, 0.4) is 0 Å². The van der Waals surface area contributed by atoms with Gasteiger partial charge in [0.1, 0.15) is 5.60 Å². The molecule has 26 heavy (non-hydrogen) atoms. The molecule has 2 rings (SSSR count). The summed E-state index contributed by atoms with van der Waals surface area (Å²) in [5.74, 6) is -0.172. The van der Waals surface area contributed by atoms with Crippen molar-refractivity contribution in [2.75, 3.05) is 5.32 Å². The number of nitrogens with one attached hydrogen (secondary N) is 1. The summed E-state index contributed by atoms with van der Waals surface area (Å²) in [5.41, 5.74) is -1.37. The van der Waals surface area contributed by atoms with Gasteiger partial charge in [0, 0.05) is 0 Å². The number of alkyl halides is 3. The van der Waals surface area contributed by atoms with Gasteiger partial charge in [0.05, 0.1) is 5.56 Å². The van der Waals surface area contributed by atoms with Crippen molar-refractivity contribution < 1.29 is 37.0 Å². The van der Waals surface area contributed by atoms with E-state index in [0.717, 1.165) is 28.9 Å². The summed E-state index contributed by atoms with van der Waals surface area (Å²) >= 11 is 0. The van der Waals surface area contributed by atoms with Crippen LogP contribution in [-0.2, 0) is 18.0 Å². The minimum atomic E-state index is -4.48. The number of benzene rings is 1. The number of nitrogens with zero attached hydrogens (tertiary/aromatic N) is 2. The lowest BCUT2D eigenvalue weighted by molar-refractivity contribution is -0.748. The zero-order valence-corrected chi connectivity index (χ0v) is 14.6. The molecule has 2 N–H and O–H groups in total. The number of aromatic nitrogens is 2. The summed E-state index contributed by atoms with van der Waals surface area (Å²) in [6.45, 7) is 5.01. The molecule has 0 aliphatic heterocycles. The lowest BCUT2D eigenvalue weighted by Gasteiger charge is -2.18. The van der Waals surface area contributed by atoms with E-state index in [9.17, 15) is 23.1 Å². The average molecular weight is 374 g/mol. The van der Waals surface area contributed by atoms with Crippen molar-refractivity contribution >= 4 is 12.0 Å². The molecule has 0 spiro atoms. The second-order valence-corrected chi connectivity index (χ2v) is 6.56. The first kappa shape index (κ1) is 19.7. The highest BCUT2D eigenvalue weighted by Gasteiger charge is 2.34. The van der Waals surface area contributed by atoms with E-state index in [2.05, 4.69) is 10.6 Å². The number of carbonyl (C=O) groups is 1. The van der Waals surface area contributed by atoms with Crippen molar-refractivity contribution in [1.82, 2.24) is 5.27 Å². The van der Waals surface area contributed by atoms with Crippen molar-refractivity contribution in [3.8, 4) is 0 Å². The Morgan fingerprint density at radius 3 is 2.35 bits per heavy atom. The first-order valence-corrected chi connectivity index (χ1v) is 7.59. The van der Waals surface area contributed by atoms with E-state index in [1.165, 1.54) is 7.05 Å². The molecule has 0 saturated heterocycles. The van der Waals surface area contributed by atoms with Gasteiger partial charge in [-0.15, -0.1) is 0 Å². The number of aryl methyl sites for hydroxylation is 1. The Balaban J connectivity index is 2.25. The summed E-state index contributed by atoms with van der Waals surface area (Å²) in [6.07, 6.45) is -6.68. The van der Waals surface area contributed by atoms with Crippen LogP contribution in [0.4, 0.5) is 23.8 Å². The maximum absolute atomic E-state index is 12.6. The van der Waals surface area contributed by atoms with Gasteiger partial charge in [-0.1, -0.05) is 12.1 Å². The molecule has 1 unspecified atom stereocenters. The molecule has 1 aromatic carbocycles. The highest BCUT2D eigenvalue weighted by Crippen LogP contribution is 2.31. The highest BCUT2D eigenvalue weighted by molar-refractivity contribution is 5.83. The van der Waals surface area contributed by atoms with Crippen LogP contribution in [0, 0.1) is 0 Å². The number of aliphatic hydroxyl groups is 1. The number of hydrogen-bond acceptors (Lipinski definition) is 5. The van der Waals surface area contributed by atoms with Gasteiger partial charge < -0.3 is 9.84 Å². The quantitative estimate of drug-likeness (QED) is 0.807. The third-order valence-electron chi connectivity index (χ3n) is 3.26. The zero-order chi connectivity index (χ0) is 19.7. The van der Waals surface area contributed by atoms with E-state index >= 15 is 0 Å². The van der Waals surface area contributed by atoms with Gasteiger partial charge in [-0.05, 0) is 43.1 Å². The van der Waals surface area contributed by atoms with E-state index in [0.29, 0.717) is 0 Å². The SMILES string of the molecule is C[n+]1noc(NC(=O)OC(C)(C)C)c1C(O)c1ccc(C(F)(F)F)cc1. The second kappa shape index (κ2) is 6.94. The topological polar surface area (TPSA) is 88.5 Å². The minimum Gasteiger partial charge on any atom is -0.444 e. The number of carbonyl (C=O) groups excluding carboxylic acids is 1. The molecule has 0 aliphatic rings. The second-order valence-electron chi connectivity index (χ2n) is 6.56. The number of aliphatic hydroxyl groups excluding tert-OH is 1. The van der Waals surface area contributed by atoms with E-state index in [-0.39, 0.29) is 17.1 Å². The summed E-state index contributed by atoms with van der Waals surface area (Å²) < 4.78 is 49.2. The normalized spacial score (nSPS) is 13.4. The highest BCUT2D eigenvalue weighted by atomic mass is 19.4. The van der Waals surface area contributed by atoms with Gasteiger partial charge in [0.2, 0.25) is 5.27 Å². The van der Waals surface area contributed by atoms with Crippen LogP contribution in [0.15, 0.2) is 28.8 Å². The number of hydrogen-bond donors (Lipinski definition) is 2. The van der Waals surface area contributed by atoms with Crippen molar-refractivity contribution in [1.29, 1.82) is 0 Å². The van der Waals surface area contributed by atoms with Crippen LogP contribution < -0.4 is 10.00 Å². The van der Waals surface area contributed by atoms with E-state index in [1.54, 1.807) is 20.8 Å². The predicted molar refractivity (Wildman–Crippen MR) is 83.0 cm³/mol. The average Bonchev–Trinajstić information content (AvgIpc) is 2.84. The van der Waals surface area contributed by atoms with Crippen molar-refractivity contribution in [2.45, 2.75) is 38.7 Å². The van der Waals surface area contributed by atoms with Gasteiger partial charge in [-0.25, -0.2) is 4.79 Å². The van der Waals surface area contributed by atoms with Crippen molar-refractivity contribution in [2.24, 2.45) is 7.05 Å². The van der Waals surface area contributed by atoms with E-state index < -0.39 is 29.5 Å². The predicted octanol–water partition coefficient (Wildman–Crippen LogP) is 2.95.